The number of aromatic nitrogens is 3. The molecule has 4 heterocycles. The minimum absolute atomic E-state index is 0.0154. The fourth-order valence-electron chi connectivity index (χ4n) is 6.96. The van der Waals surface area contributed by atoms with Crippen LogP contribution in [0.5, 0.6) is 17.5 Å². The highest BCUT2D eigenvalue weighted by atomic mass is 19.4. The van der Waals surface area contributed by atoms with E-state index in [2.05, 4.69) is 25.2 Å². The fraction of sp³-hybridized carbons (Fsp3) is 0.585. The van der Waals surface area contributed by atoms with E-state index in [0.29, 0.717) is 61.6 Å². The normalized spacial score (nSPS) is 18.1. The number of likely N-dealkylation sites (tertiary alicyclic amines) is 1. The zero-order valence-corrected chi connectivity index (χ0v) is 32.6. The number of carbonyl (C=O) groups is 2. The number of alkyl halides is 3. The Hall–Kier alpha value is -4.66. The second-order valence-corrected chi connectivity index (χ2v) is 16.0. The number of nitrogens with one attached hydrogen (secondary N) is 1. The lowest BCUT2D eigenvalue weighted by Crippen LogP contribution is -2.38. The first-order valence-corrected chi connectivity index (χ1v) is 19.6. The standard InChI is InChI=1S/C41H53F3N6O6/c1-39(2,3)56-38(52)50-20-6-22-53-31-11-8-29(9-12-31)26-45-36-46-35(47-37(48-36)55-28-41(42,43)44)25-30-10-13-32(34(24-30)54-23-7-21-50)33(51)14-15-40(16-17-40)27-49-18-4-5-19-49/h8-13,24H,4-7,14-23,25-28H2,1-3H3,(H,45,46,47,48). The Morgan fingerprint density at radius 1 is 0.875 bits per heavy atom. The van der Waals surface area contributed by atoms with Gasteiger partial charge in [0.15, 0.2) is 12.4 Å². The van der Waals surface area contributed by atoms with Crippen molar-refractivity contribution in [2.24, 2.45) is 5.41 Å². The molecule has 2 fully saturated rings. The molecule has 2 aromatic carbocycles. The van der Waals surface area contributed by atoms with E-state index < -0.39 is 30.5 Å². The van der Waals surface area contributed by atoms with Crippen molar-refractivity contribution in [1.29, 1.82) is 0 Å². The Morgan fingerprint density at radius 2 is 1.57 bits per heavy atom. The predicted octanol–water partition coefficient (Wildman–Crippen LogP) is 7.64. The molecule has 6 bridgehead atoms. The van der Waals surface area contributed by atoms with E-state index in [4.69, 9.17) is 18.9 Å². The van der Waals surface area contributed by atoms with Gasteiger partial charge < -0.3 is 34.1 Å². The van der Waals surface area contributed by atoms with Gasteiger partial charge >= 0.3 is 18.3 Å². The molecule has 1 saturated carbocycles. The molecule has 3 aromatic rings. The van der Waals surface area contributed by atoms with Gasteiger partial charge in [-0.05, 0) is 120 Å². The van der Waals surface area contributed by atoms with Crippen LogP contribution in [0.1, 0.15) is 99.4 Å². The lowest BCUT2D eigenvalue weighted by Gasteiger charge is -2.27. The molecule has 1 saturated heterocycles. The molecule has 4 aliphatic rings. The van der Waals surface area contributed by atoms with Crippen molar-refractivity contribution in [3.63, 3.8) is 0 Å². The molecule has 0 unspecified atom stereocenters. The van der Waals surface area contributed by atoms with Crippen LogP contribution in [0, 0.1) is 5.41 Å². The number of ether oxygens (including phenoxy) is 4. The summed E-state index contributed by atoms with van der Waals surface area (Å²) in [5, 5.41) is 3.07. The Labute approximate surface area is 326 Å². The Bertz CT molecular complexity index is 1790. The van der Waals surface area contributed by atoms with Gasteiger partial charge in [-0.1, -0.05) is 18.2 Å². The Kier molecular flexibility index (Phi) is 13.2. The van der Waals surface area contributed by atoms with E-state index in [9.17, 15) is 22.8 Å². The highest BCUT2D eigenvalue weighted by Gasteiger charge is 2.44. The number of Topliss-reactive ketones (excluding diaryl/α,β-unsaturated/α-hetero) is 1. The quantitative estimate of drug-likeness (QED) is 0.227. The molecule has 0 radical (unpaired) electrons. The number of hydrogen-bond acceptors (Lipinski definition) is 11. The molecule has 1 amide bonds. The summed E-state index contributed by atoms with van der Waals surface area (Å²) in [6, 6.07) is 12.2. The van der Waals surface area contributed by atoms with Crippen LogP contribution in [0.4, 0.5) is 23.9 Å². The molecule has 3 aliphatic heterocycles. The summed E-state index contributed by atoms with van der Waals surface area (Å²) in [4.78, 5) is 44.0. The third-order valence-corrected chi connectivity index (χ3v) is 10.0. The van der Waals surface area contributed by atoms with Crippen molar-refractivity contribution >= 4 is 17.8 Å². The van der Waals surface area contributed by atoms with Crippen molar-refractivity contribution in [1.82, 2.24) is 24.8 Å². The monoisotopic (exact) mass is 782 g/mol. The van der Waals surface area contributed by atoms with Crippen LogP contribution in [0.15, 0.2) is 42.5 Å². The first-order chi connectivity index (χ1) is 26.7. The number of nitrogens with zero attached hydrogens (tertiary/aromatic N) is 5. The molecule has 1 aliphatic carbocycles. The topological polar surface area (TPSA) is 128 Å². The molecule has 1 aromatic heterocycles. The van der Waals surface area contributed by atoms with Crippen molar-refractivity contribution < 1.29 is 41.7 Å². The van der Waals surface area contributed by atoms with Gasteiger partial charge in [0.25, 0.3) is 0 Å². The third kappa shape index (κ3) is 12.7. The highest BCUT2D eigenvalue weighted by Crippen LogP contribution is 2.51. The maximum Gasteiger partial charge on any atom is 0.422 e. The van der Waals surface area contributed by atoms with Crippen LogP contribution in [0.2, 0.25) is 0 Å². The van der Waals surface area contributed by atoms with Crippen LogP contribution >= 0.6 is 0 Å². The van der Waals surface area contributed by atoms with Crippen LogP contribution in [0.25, 0.3) is 0 Å². The van der Waals surface area contributed by atoms with Crippen LogP contribution < -0.4 is 19.5 Å². The molecule has 7 rings (SSSR count). The highest BCUT2D eigenvalue weighted by molar-refractivity contribution is 5.98. The molecule has 1 N–H and O–H groups in total. The summed E-state index contributed by atoms with van der Waals surface area (Å²) in [6.45, 7) is 8.79. The first-order valence-electron chi connectivity index (χ1n) is 19.6. The van der Waals surface area contributed by atoms with E-state index in [1.165, 1.54) is 12.8 Å². The average Bonchev–Trinajstić information content (AvgIpc) is 3.71. The van der Waals surface area contributed by atoms with Gasteiger partial charge in [-0.15, -0.1) is 0 Å². The van der Waals surface area contributed by atoms with Crippen molar-refractivity contribution in [3.8, 4) is 17.5 Å². The first kappa shape index (κ1) is 41.0. The largest absolute Gasteiger partial charge is 0.494 e. The van der Waals surface area contributed by atoms with Crippen molar-refractivity contribution in [2.45, 2.75) is 96.9 Å². The van der Waals surface area contributed by atoms with E-state index in [-0.39, 0.29) is 42.5 Å². The molecule has 15 heteroatoms. The minimum atomic E-state index is -4.59. The molecule has 12 nitrogen and oxygen atoms in total. The number of carbonyl (C=O) groups excluding carboxylic acids is 2. The van der Waals surface area contributed by atoms with Gasteiger partial charge in [0.2, 0.25) is 5.95 Å². The Morgan fingerprint density at radius 3 is 2.25 bits per heavy atom. The second kappa shape index (κ2) is 18.1. The van der Waals surface area contributed by atoms with Gasteiger partial charge in [-0.3, -0.25) is 4.79 Å². The third-order valence-electron chi connectivity index (χ3n) is 10.0. The van der Waals surface area contributed by atoms with Crippen LogP contribution in [0.3, 0.4) is 0 Å². The zero-order valence-electron chi connectivity index (χ0n) is 32.6. The molecule has 0 atom stereocenters. The van der Waals surface area contributed by atoms with Crippen LogP contribution in [-0.2, 0) is 17.7 Å². The summed E-state index contributed by atoms with van der Waals surface area (Å²) in [5.74, 6) is 1.24. The second-order valence-electron chi connectivity index (χ2n) is 16.0. The van der Waals surface area contributed by atoms with Gasteiger partial charge in [-0.2, -0.15) is 28.1 Å². The van der Waals surface area contributed by atoms with Gasteiger partial charge in [-0.25, -0.2) is 4.79 Å². The summed E-state index contributed by atoms with van der Waals surface area (Å²) < 4.78 is 62.2. The summed E-state index contributed by atoms with van der Waals surface area (Å²) in [5.41, 5.74) is 1.50. The lowest BCUT2D eigenvalue weighted by molar-refractivity contribution is -0.154. The summed E-state index contributed by atoms with van der Waals surface area (Å²) in [6.07, 6.45) is 2.01. The predicted molar refractivity (Wildman–Crippen MR) is 203 cm³/mol. The average molecular weight is 783 g/mol. The SMILES string of the molecule is CC(C)(C)OC(=O)N1CCCOc2ccc(cc2)CNc2nc(nc(OCC(F)(F)F)n2)Cc2ccc(C(=O)CCC3(CN4CCCC4)CC3)c(c2)OCCC1. The van der Waals surface area contributed by atoms with Crippen molar-refractivity contribution in [3.05, 3.63) is 65.0 Å². The Balaban J connectivity index is 1.25. The number of amides is 1. The molecular formula is C41H53F3N6O6. The minimum Gasteiger partial charge on any atom is -0.494 e. The van der Waals surface area contributed by atoms with E-state index in [1.807, 2.05) is 45.0 Å². The number of hydrogen-bond donors (Lipinski definition) is 1. The van der Waals surface area contributed by atoms with Crippen molar-refractivity contribution in [2.75, 3.05) is 57.9 Å². The van der Waals surface area contributed by atoms with Gasteiger partial charge in [0.05, 0.1) is 18.8 Å². The molecule has 56 heavy (non-hydrogen) atoms. The number of fused-ring (bicyclic) bond motifs is 11. The maximum atomic E-state index is 13.8. The van der Waals surface area contributed by atoms with Gasteiger partial charge in [0, 0.05) is 39.0 Å². The van der Waals surface area contributed by atoms with E-state index >= 15 is 0 Å². The summed E-state index contributed by atoms with van der Waals surface area (Å²) in [7, 11) is 0. The number of anilines is 1. The number of ketones is 1. The smallest absolute Gasteiger partial charge is 0.422 e. The van der Waals surface area contributed by atoms with Crippen LogP contribution in [-0.4, -0.2) is 101 Å². The number of halogens is 3. The number of benzene rings is 2. The lowest BCUT2D eigenvalue weighted by atomic mass is 9.94. The molecule has 304 valence electrons. The zero-order chi connectivity index (χ0) is 39.8. The van der Waals surface area contributed by atoms with E-state index in [0.717, 1.165) is 44.5 Å². The van der Waals surface area contributed by atoms with E-state index in [1.54, 1.807) is 23.1 Å². The molecule has 0 spiro atoms. The van der Waals surface area contributed by atoms with Gasteiger partial charge in [0.1, 0.15) is 22.9 Å². The summed E-state index contributed by atoms with van der Waals surface area (Å²) >= 11 is 0. The molecular weight excluding hydrogens is 729 g/mol. The fourth-order valence-corrected chi connectivity index (χ4v) is 6.96. The maximum absolute atomic E-state index is 13.8. The number of rotatable bonds is 8.